The maximum Gasteiger partial charge on any atom is 0.335 e. The van der Waals surface area contributed by atoms with Gasteiger partial charge in [-0.2, -0.15) is 11.8 Å². The van der Waals surface area contributed by atoms with Gasteiger partial charge in [-0.3, -0.25) is 4.90 Å². The molecule has 0 radical (unpaired) electrons. The number of thioether (sulfide) groups is 1. The maximum atomic E-state index is 11.0. The van der Waals surface area contributed by atoms with E-state index in [1.807, 2.05) is 17.8 Å². The zero-order chi connectivity index (χ0) is 13.7. The zero-order valence-corrected chi connectivity index (χ0v) is 13.0. The molecule has 6 heteroatoms. The lowest BCUT2D eigenvalue weighted by Gasteiger charge is -2.26. The summed E-state index contributed by atoms with van der Waals surface area (Å²) >= 11 is 5.34. The number of carboxylic acids is 1. The van der Waals surface area contributed by atoms with E-state index in [2.05, 4.69) is 26.1 Å². The average molecular weight is 345 g/mol. The van der Waals surface area contributed by atoms with Crippen molar-refractivity contribution in [2.75, 3.05) is 43.0 Å². The summed E-state index contributed by atoms with van der Waals surface area (Å²) in [7, 11) is 0. The predicted octanol–water partition coefficient (Wildman–Crippen LogP) is 2.61. The molecule has 2 N–H and O–H groups in total. The van der Waals surface area contributed by atoms with Gasteiger partial charge >= 0.3 is 5.97 Å². The highest BCUT2D eigenvalue weighted by Gasteiger charge is 2.10. The Kier molecular flexibility index (Phi) is 5.54. The van der Waals surface area contributed by atoms with Crippen molar-refractivity contribution in [1.29, 1.82) is 0 Å². The van der Waals surface area contributed by atoms with Crippen LogP contribution < -0.4 is 5.32 Å². The molecule has 104 valence electrons. The minimum Gasteiger partial charge on any atom is -0.478 e. The van der Waals surface area contributed by atoms with E-state index in [9.17, 15) is 4.79 Å². The molecule has 0 spiro atoms. The average Bonchev–Trinajstić information content (AvgIpc) is 2.39. The molecule has 19 heavy (non-hydrogen) atoms. The molecule has 1 fully saturated rings. The Morgan fingerprint density at radius 3 is 2.79 bits per heavy atom. The van der Waals surface area contributed by atoms with E-state index < -0.39 is 5.97 Å². The van der Waals surface area contributed by atoms with E-state index in [4.69, 9.17) is 5.11 Å². The fraction of sp³-hybridized carbons (Fsp3) is 0.462. The van der Waals surface area contributed by atoms with Gasteiger partial charge in [-0.25, -0.2) is 4.79 Å². The molecule has 0 atom stereocenters. The van der Waals surface area contributed by atoms with Gasteiger partial charge < -0.3 is 10.4 Å². The van der Waals surface area contributed by atoms with Crippen molar-refractivity contribution in [1.82, 2.24) is 4.90 Å². The molecule has 1 saturated heterocycles. The summed E-state index contributed by atoms with van der Waals surface area (Å²) in [6.45, 7) is 4.12. The Bertz CT molecular complexity index is 450. The molecule has 2 rings (SSSR count). The number of benzene rings is 1. The summed E-state index contributed by atoms with van der Waals surface area (Å²) in [5.74, 6) is 1.51. The SMILES string of the molecule is O=C(O)c1cc(Br)cc(NCCN2CCSCC2)c1. The quantitative estimate of drug-likeness (QED) is 0.859. The number of carbonyl (C=O) groups is 1. The van der Waals surface area contributed by atoms with Crippen LogP contribution >= 0.6 is 27.7 Å². The van der Waals surface area contributed by atoms with Crippen LogP contribution in [0.15, 0.2) is 22.7 Å². The van der Waals surface area contributed by atoms with Crippen molar-refractivity contribution in [3.8, 4) is 0 Å². The number of halogens is 1. The first kappa shape index (κ1) is 14.7. The van der Waals surface area contributed by atoms with E-state index in [1.54, 1.807) is 12.1 Å². The number of anilines is 1. The summed E-state index contributed by atoms with van der Waals surface area (Å²) in [6, 6.07) is 5.17. The second-order valence-corrected chi connectivity index (χ2v) is 6.55. The monoisotopic (exact) mass is 344 g/mol. The fourth-order valence-corrected chi connectivity index (χ4v) is 3.47. The van der Waals surface area contributed by atoms with Crippen LogP contribution in [0, 0.1) is 0 Å². The number of hydrogen-bond donors (Lipinski definition) is 2. The molecule has 1 aromatic carbocycles. The zero-order valence-electron chi connectivity index (χ0n) is 10.6. The smallest absolute Gasteiger partial charge is 0.335 e. The second-order valence-electron chi connectivity index (χ2n) is 4.41. The molecule has 1 aliphatic heterocycles. The Balaban J connectivity index is 1.86. The van der Waals surface area contributed by atoms with Crippen LogP contribution in [-0.4, -0.2) is 53.7 Å². The molecular formula is C13H17BrN2O2S. The van der Waals surface area contributed by atoms with E-state index in [-0.39, 0.29) is 0 Å². The van der Waals surface area contributed by atoms with Crippen LogP contribution in [0.5, 0.6) is 0 Å². The maximum absolute atomic E-state index is 11.0. The number of nitrogens with zero attached hydrogens (tertiary/aromatic N) is 1. The molecule has 0 saturated carbocycles. The lowest BCUT2D eigenvalue weighted by Crippen LogP contribution is -2.36. The van der Waals surface area contributed by atoms with Gasteiger partial charge in [0.2, 0.25) is 0 Å². The molecule has 0 bridgehead atoms. The molecule has 1 aliphatic rings. The third-order valence-corrected chi connectivity index (χ3v) is 4.41. The van der Waals surface area contributed by atoms with Gasteiger partial charge in [-0.1, -0.05) is 15.9 Å². The van der Waals surface area contributed by atoms with Crippen molar-refractivity contribution < 1.29 is 9.90 Å². The number of hydrogen-bond acceptors (Lipinski definition) is 4. The molecule has 4 nitrogen and oxygen atoms in total. The third-order valence-electron chi connectivity index (χ3n) is 3.01. The highest BCUT2D eigenvalue weighted by atomic mass is 79.9. The van der Waals surface area contributed by atoms with Crippen molar-refractivity contribution in [2.24, 2.45) is 0 Å². The molecule has 0 aliphatic carbocycles. The first-order valence-corrected chi connectivity index (χ1v) is 8.18. The molecule has 0 aromatic heterocycles. The first-order valence-electron chi connectivity index (χ1n) is 6.23. The first-order chi connectivity index (χ1) is 9.15. The Morgan fingerprint density at radius 1 is 1.37 bits per heavy atom. The van der Waals surface area contributed by atoms with Gasteiger partial charge in [0.25, 0.3) is 0 Å². The number of nitrogens with one attached hydrogen (secondary N) is 1. The Hall–Kier alpha value is -0.720. The van der Waals surface area contributed by atoms with Crippen molar-refractivity contribution in [3.63, 3.8) is 0 Å². The molecule has 0 amide bonds. The number of aromatic carboxylic acids is 1. The lowest BCUT2D eigenvalue weighted by atomic mass is 10.2. The number of carboxylic acid groups (broad SMARTS) is 1. The Morgan fingerprint density at radius 2 is 2.11 bits per heavy atom. The topological polar surface area (TPSA) is 52.6 Å². The van der Waals surface area contributed by atoms with Gasteiger partial charge in [-0.15, -0.1) is 0 Å². The summed E-state index contributed by atoms with van der Waals surface area (Å²) in [5.41, 5.74) is 1.14. The minimum absolute atomic E-state index is 0.297. The number of rotatable bonds is 5. The molecule has 1 aromatic rings. The van der Waals surface area contributed by atoms with E-state index in [0.29, 0.717) is 5.56 Å². The van der Waals surface area contributed by atoms with E-state index >= 15 is 0 Å². The van der Waals surface area contributed by atoms with Crippen molar-refractivity contribution in [2.45, 2.75) is 0 Å². The largest absolute Gasteiger partial charge is 0.478 e. The van der Waals surface area contributed by atoms with Gasteiger partial charge in [0.1, 0.15) is 0 Å². The van der Waals surface area contributed by atoms with Gasteiger partial charge in [-0.05, 0) is 18.2 Å². The van der Waals surface area contributed by atoms with Gasteiger partial charge in [0.05, 0.1) is 5.56 Å². The minimum atomic E-state index is -0.905. The predicted molar refractivity (Wildman–Crippen MR) is 83.4 cm³/mol. The third kappa shape index (κ3) is 4.71. The standard InChI is InChI=1S/C13H17BrN2O2S/c14-11-7-10(13(17)18)8-12(9-11)15-1-2-16-3-5-19-6-4-16/h7-9,15H,1-6H2,(H,17,18). The van der Waals surface area contributed by atoms with Crippen molar-refractivity contribution in [3.05, 3.63) is 28.2 Å². The molecule has 0 unspecified atom stereocenters. The molecular weight excluding hydrogens is 328 g/mol. The van der Waals surface area contributed by atoms with E-state index in [0.717, 1.165) is 36.3 Å². The normalized spacial score (nSPS) is 16.3. The van der Waals surface area contributed by atoms with Crippen LogP contribution in [-0.2, 0) is 0 Å². The fourth-order valence-electron chi connectivity index (χ4n) is 2.00. The summed E-state index contributed by atoms with van der Waals surface area (Å²) in [4.78, 5) is 13.4. The van der Waals surface area contributed by atoms with Crippen LogP contribution in [0.4, 0.5) is 5.69 Å². The molecule has 1 heterocycles. The lowest BCUT2D eigenvalue weighted by molar-refractivity contribution is 0.0697. The summed E-state index contributed by atoms with van der Waals surface area (Å²) in [5, 5.41) is 12.3. The summed E-state index contributed by atoms with van der Waals surface area (Å²) in [6.07, 6.45) is 0. The highest BCUT2D eigenvalue weighted by molar-refractivity contribution is 9.10. The van der Waals surface area contributed by atoms with Crippen LogP contribution in [0.1, 0.15) is 10.4 Å². The highest BCUT2D eigenvalue weighted by Crippen LogP contribution is 2.19. The summed E-state index contributed by atoms with van der Waals surface area (Å²) < 4.78 is 0.782. The van der Waals surface area contributed by atoms with Crippen molar-refractivity contribution >= 4 is 39.3 Å². The van der Waals surface area contributed by atoms with Gasteiger partial charge in [0, 0.05) is 47.8 Å². The van der Waals surface area contributed by atoms with E-state index in [1.165, 1.54) is 11.5 Å². The second kappa shape index (κ2) is 7.17. The Labute approximate surface area is 125 Å². The van der Waals surface area contributed by atoms with Crippen LogP contribution in [0.25, 0.3) is 0 Å². The van der Waals surface area contributed by atoms with Crippen LogP contribution in [0.3, 0.4) is 0 Å². The van der Waals surface area contributed by atoms with Gasteiger partial charge in [0.15, 0.2) is 0 Å². The van der Waals surface area contributed by atoms with Crippen LogP contribution in [0.2, 0.25) is 0 Å².